The minimum Gasteiger partial charge on any atom is -0.320 e. The van der Waals surface area contributed by atoms with E-state index in [1.165, 1.54) is 23.3 Å². The van der Waals surface area contributed by atoms with Gasteiger partial charge in [0.25, 0.3) is 5.91 Å². The number of benzene rings is 1. The van der Waals surface area contributed by atoms with Gasteiger partial charge in [0, 0.05) is 17.8 Å². The standard InChI is InChI=1S/C13H9FN6O/c14-12-7-9(5-6-15-12)13(21)17-10-3-1-2-4-11(10)20-8-16-18-19-20/h1-8H,(H,17,21). The average Bonchev–Trinajstić information content (AvgIpc) is 3.02. The lowest BCUT2D eigenvalue weighted by Crippen LogP contribution is -2.14. The van der Waals surface area contributed by atoms with Crippen molar-refractivity contribution in [1.82, 2.24) is 25.2 Å². The molecule has 0 aliphatic carbocycles. The lowest BCUT2D eigenvalue weighted by atomic mass is 10.2. The number of tetrazole rings is 1. The van der Waals surface area contributed by atoms with Crippen molar-refractivity contribution in [2.75, 3.05) is 5.32 Å². The van der Waals surface area contributed by atoms with Gasteiger partial charge in [-0.25, -0.2) is 4.98 Å². The topological polar surface area (TPSA) is 85.6 Å². The summed E-state index contributed by atoms with van der Waals surface area (Å²) < 4.78 is 14.5. The van der Waals surface area contributed by atoms with E-state index in [1.807, 2.05) is 0 Å². The van der Waals surface area contributed by atoms with Gasteiger partial charge in [-0.3, -0.25) is 4.79 Å². The van der Waals surface area contributed by atoms with Gasteiger partial charge < -0.3 is 5.32 Å². The first-order valence-corrected chi connectivity index (χ1v) is 5.99. The number of halogens is 1. The molecule has 1 aromatic carbocycles. The molecule has 2 heterocycles. The zero-order valence-corrected chi connectivity index (χ0v) is 10.6. The maximum atomic E-state index is 13.0. The smallest absolute Gasteiger partial charge is 0.255 e. The second-order valence-corrected chi connectivity index (χ2v) is 4.09. The number of hydrogen-bond acceptors (Lipinski definition) is 5. The summed E-state index contributed by atoms with van der Waals surface area (Å²) in [6, 6.07) is 9.49. The number of carbonyl (C=O) groups excluding carboxylic acids is 1. The quantitative estimate of drug-likeness (QED) is 0.736. The van der Waals surface area contributed by atoms with Gasteiger partial charge in [0.15, 0.2) is 0 Å². The van der Waals surface area contributed by atoms with Gasteiger partial charge in [0.2, 0.25) is 5.95 Å². The number of hydrogen-bond donors (Lipinski definition) is 1. The molecule has 1 amide bonds. The number of nitrogens with one attached hydrogen (secondary N) is 1. The van der Waals surface area contributed by atoms with Crippen LogP contribution in [0.1, 0.15) is 10.4 Å². The number of rotatable bonds is 3. The summed E-state index contributed by atoms with van der Waals surface area (Å²) in [5.74, 6) is -1.16. The van der Waals surface area contributed by atoms with Crippen molar-refractivity contribution in [3.8, 4) is 5.69 Å². The molecule has 21 heavy (non-hydrogen) atoms. The fraction of sp³-hybridized carbons (Fsp3) is 0. The number of aromatic nitrogens is 5. The molecule has 0 saturated carbocycles. The first-order valence-electron chi connectivity index (χ1n) is 5.99. The maximum Gasteiger partial charge on any atom is 0.255 e. The molecule has 0 bridgehead atoms. The number of carbonyl (C=O) groups is 1. The Labute approximate surface area is 118 Å². The normalized spacial score (nSPS) is 10.3. The van der Waals surface area contributed by atoms with E-state index in [2.05, 4.69) is 25.8 Å². The Morgan fingerprint density at radius 3 is 2.86 bits per heavy atom. The van der Waals surface area contributed by atoms with Crippen LogP contribution in [0, 0.1) is 5.95 Å². The lowest BCUT2D eigenvalue weighted by Gasteiger charge is -2.10. The van der Waals surface area contributed by atoms with Crippen LogP contribution in [-0.4, -0.2) is 31.1 Å². The van der Waals surface area contributed by atoms with Gasteiger partial charge in [-0.2, -0.15) is 9.07 Å². The summed E-state index contributed by atoms with van der Waals surface area (Å²) in [5, 5.41) is 13.6. The summed E-state index contributed by atoms with van der Waals surface area (Å²) in [7, 11) is 0. The van der Waals surface area contributed by atoms with E-state index in [1.54, 1.807) is 24.3 Å². The van der Waals surface area contributed by atoms with E-state index in [-0.39, 0.29) is 5.56 Å². The molecule has 3 aromatic rings. The molecule has 0 fully saturated rings. The van der Waals surface area contributed by atoms with Gasteiger partial charge in [-0.05, 0) is 28.6 Å². The third-order valence-electron chi connectivity index (χ3n) is 2.74. The van der Waals surface area contributed by atoms with E-state index in [0.717, 1.165) is 6.07 Å². The lowest BCUT2D eigenvalue weighted by molar-refractivity contribution is 0.102. The highest BCUT2D eigenvalue weighted by atomic mass is 19.1. The predicted molar refractivity (Wildman–Crippen MR) is 71.3 cm³/mol. The third-order valence-corrected chi connectivity index (χ3v) is 2.74. The molecule has 104 valence electrons. The van der Waals surface area contributed by atoms with E-state index in [4.69, 9.17) is 0 Å². The van der Waals surface area contributed by atoms with Crippen molar-refractivity contribution in [2.45, 2.75) is 0 Å². The van der Waals surface area contributed by atoms with Crippen molar-refractivity contribution in [3.05, 3.63) is 60.4 Å². The minimum absolute atomic E-state index is 0.175. The fourth-order valence-electron chi connectivity index (χ4n) is 1.79. The summed E-state index contributed by atoms with van der Waals surface area (Å²) in [6.07, 6.45) is 2.65. The van der Waals surface area contributed by atoms with Crippen LogP contribution in [0.2, 0.25) is 0 Å². The molecule has 0 saturated heterocycles. The Morgan fingerprint density at radius 2 is 2.10 bits per heavy atom. The summed E-state index contributed by atoms with van der Waals surface area (Å²) >= 11 is 0. The molecule has 8 heteroatoms. The molecular formula is C13H9FN6O. The first-order chi connectivity index (χ1) is 10.2. The number of para-hydroxylation sites is 2. The molecule has 0 unspecified atom stereocenters. The second-order valence-electron chi connectivity index (χ2n) is 4.09. The van der Waals surface area contributed by atoms with Gasteiger partial charge >= 0.3 is 0 Å². The highest BCUT2D eigenvalue weighted by Crippen LogP contribution is 2.19. The van der Waals surface area contributed by atoms with Crippen molar-refractivity contribution in [2.24, 2.45) is 0 Å². The molecule has 0 aliphatic heterocycles. The Kier molecular flexibility index (Phi) is 3.34. The van der Waals surface area contributed by atoms with E-state index in [0.29, 0.717) is 11.4 Å². The Bertz CT molecular complexity index is 774. The molecule has 0 atom stereocenters. The van der Waals surface area contributed by atoms with Crippen molar-refractivity contribution in [1.29, 1.82) is 0 Å². The Morgan fingerprint density at radius 1 is 1.24 bits per heavy atom. The summed E-state index contributed by atoms with van der Waals surface area (Å²) in [4.78, 5) is 15.5. The van der Waals surface area contributed by atoms with E-state index >= 15 is 0 Å². The van der Waals surface area contributed by atoms with Crippen LogP contribution in [0.25, 0.3) is 5.69 Å². The largest absolute Gasteiger partial charge is 0.320 e. The van der Waals surface area contributed by atoms with Crippen LogP contribution in [0.4, 0.5) is 10.1 Å². The van der Waals surface area contributed by atoms with Crippen LogP contribution < -0.4 is 5.32 Å². The molecule has 0 aliphatic rings. The van der Waals surface area contributed by atoms with Gasteiger partial charge in [-0.15, -0.1) is 5.10 Å². The number of pyridine rings is 1. The minimum atomic E-state index is -0.712. The van der Waals surface area contributed by atoms with Crippen LogP contribution in [0.3, 0.4) is 0 Å². The van der Waals surface area contributed by atoms with Crippen LogP contribution in [0.5, 0.6) is 0 Å². The summed E-state index contributed by atoms with van der Waals surface area (Å²) in [5.41, 5.74) is 1.28. The first kappa shape index (κ1) is 12.9. The number of anilines is 1. The highest BCUT2D eigenvalue weighted by molar-refractivity contribution is 6.05. The van der Waals surface area contributed by atoms with Crippen LogP contribution >= 0.6 is 0 Å². The maximum absolute atomic E-state index is 13.0. The van der Waals surface area contributed by atoms with Crippen LogP contribution in [-0.2, 0) is 0 Å². The second kappa shape index (κ2) is 5.45. The van der Waals surface area contributed by atoms with E-state index < -0.39 is 11.9 Å². The van der Waals surface area contributed by atoms with E-state index in [9.17, 15) is 9.18 Å². The highest BCUT2D eigenvalue weighted by Gasteiger charge is 2.11. The monoisotopic (exact) mass is 284 g/mol. The van der Waals surface area contributed by atoms with Crippen molar-refractivity contribution < 1.29 is 9.18 Å². The SMILES string of the molecule is O=C(Nc1ccccc1-n1cnnn1)c1ccnc(F)c1. The molecular weight excluding hydrogens is 275 g/mol. The van der Waals surface area contributed by atoms with Crippen molar-refractivity contribution >= 4 is 11.6 Å². The zero-order chi connectivity index (χ0) is 14.7. The fourth-order valence-corrected chi connectivity index (χ4v) is 1.79. The van der Waals surface area contributed by atoms with Gasteiger partial charge in [-0.1, -0.05) is 12.1 Å². The molecule has 1 N–H and O–H groups in total. The summed E-state index contributed by atoms with van der Waals surface area (Å²) in [6.45, 7) is 0. The number of amides is 1. The molecule has 7 nitrogen and oxygen atoms in total. The zero-order valence-electron chi connectivity index (χ0n) is 10.6. The third kappa shape index (κ3) is 2.73. The molecule has 3 rings (SSSR count). The molecule has 0 radical (unpaired) electrons. The van der Waals surface area contributed by atoms with Gasteiger partial charge in [0.1, 0.15) is 6.33 Å². The van der Waals surface area contributed by atoms with Crippen LogP contribution in [0.15, 0.2) is 48.9 Å². The molecule has 0 spiro atoms. The molecule has 2 aromatic heterocycles. The predicted octanol–water partition coefficient (Wildman–Crippen LogP) is 1.45. The Hall–Kier alpha value is -3.16. The average molecular weight is 284 g/mol. The Balaban J connectivity index is 1.90. The van der Waals surface area contributed by atoms with Crippen molar-refractivity contribution in [3.63, 3.8) is 0 Å². The van der Waals surface area contributed by atoms with Gasteiger partial charge in [0.05, 0.1) is 11.4 Å². The number of nitrogens with zero attached hydrogens (tertiary/aromatic N) is 5.